The van der Waals surface area contributed by atoms with Crippen LogP contribution in [-0.4, -0.2) is 75.2 Å². The molecule has 8 nitrogen and oxygen atoms in total. The number of fused-ring (bicyclic) bond motifs is 1. The monoisotopic (exact) mass is 554 g/mol. The molecule has 3 aliphatic rings. The third-order valence-corrected chi connectivity index (χ3v) is 8.30. The van der Waals surface area contributed by atoms with Crippen LogP contribution in [0.4, 0.5) is 5.69 Å². The average molecular weight is 556 g/mol. The molecule has 0 aliphatic carbocycles. The van der Waals surface area contributed by atoms with Gasteiger partial charge in [0.2, 0.25) is 5.91 Å². The Morgan fingerprint density at radius 2 is 2.15 bits per heavy atom. The van der Waals surface area contributed by atoms with Crippen LogP contribution in [0.25, 0.3) is 0 Å². The largest absolute Gasteiger partial charge is 0.481 e. The first-order valence-corrected chi connectivity index (χ1v) is 12.6. The molecule has 0 radical (unpaired) electrons. The Morgan fingerprint density at radius 1 is 1.41 bits per heavy atom. The minimum Gasteiger partial charge on any atom is -0.481 e. The highest BCUT2D eigenvalue weighted by Crippen LogP contribution is 2.60. The van der Waals surface area contributed by atoms with Crippen molar-refractivity contribution in [3.63, 3.8) is 0 Å². The summed E-state index contributed by atoms with van der Waals surface area (Å²) < 4.78 is 6.29. The third-order valence-electron chi connectivity index (χ3n) is 7.15. The van der Waals surface area contributed by atoms with E-state index in [0.29, 0.717) is 30.0 Å². The highest BCUT2D eigenvalue weighted by Gasteiger charge is 2.76. The van der Waals surface area contributed by atoms with E-state index >= 15 is 0 Å². The highest BCUT2D eigenvalue weighted by atomic mass is 79.9. The van der Waals surface area contributed by atoms with Crippen LogP contribution in [0.3, 0.4) is 0 Å². The maximum absolute atomic E-state index is 14.3. The van der Waals surface area contributed by atoms with Gasteiger partial charge in [-0.15, -0.1) is 6.58 Å². The number of aliphatic carboxylic acids is 1. The normalized spacial score (nSPS) is 31.6. The van der Waals surface area contributed by atoms with Gasteiger partial charge in [0.25, 0.3) is 5.91 Å². The second-order valence-corrected chi connectivity index (χ2v) is 10.7. The maximum Gasteiger partial charge on any atom is 0.310 e. The van der Waals surface area contributed by atoms with Crippen molar-refractivity contribution < 1.29 is 29.3 Å². The van der Waals surface area contributed by atoms with Crippen LogP contribution in [0.1, 0.15) is 24.8 Å². The molecule has 2 N–H and O–H groups in total. The van der Waals surface area contributed by atoms with E-state index < -0.39 is 35.6 Å². The van der Waals surface area contributed by atoms with Crippen molar-refractivity contribution in [2.45, 2.75) is 48.8 Å². The van der Waals surface area contributed by atoms with Gasteiger partial charge in [0.1, 0.15) is 11.6 Å². The zero-order chi connectivity index (χ0) is 24.8. The number of carboxylic acids is 1. The van der Waals surface area contributed by atoms with Gasteiger partial charge in [-0.2, -0.15) is 0 Å². The molecule has 34 heavy (non-hydrogen) atoms. The molecule has 3 fully saturated rings. The molecule has 3 saturated heterocycles. The number of likely N-dealkylation sites (tertiary alicyclic amines) is 1. The van der Waals surface area contributed by atoms with Crippen molar-refractivity contribution in [1.82, 2.24) is 4.90 Å². The number of hydrogen-bond acceptors (Lipinski definition) is 5. The number of hydrogen-bond donors (Lipinski definition) is 2. The molecular weight excluding hydrogens is 528 g/mol. The van der Waals surface area contributed by atoms with E-state index in [0.717, 1.165) is 5.56 Å². The first kappa shape index (κ1) is 25.2. The molecule has 6 atom stereocenters. The van der Waals surface area contributed by atoms with E-state index in [1.54, 1.807) is 18.2 Å². The Hall–Kier alpha value is -1.94. The Labute approximate surface area is 211 Å². The number of rotatable bonds is 9. The first-order valence-electron chi connectivity index (χ1n) is 11.3. The van der Waals surface area contributed by atoms with Gasteiger partial charge in [-0.3, -0.25) is 14.4 Å². The Bertz CT molecular complexity index is 1000. The summed E-state index contributed by atoms with van der Waals surface area (Å²) in [4.78, 5) is 42.8. The van der Waals surface area contributed by atoms with E-state index in [2.05, 4.69) is 22.5 Å². The number of anilines is 1. The minimum absolute atomic E-state index is 0.0452. The number of halogens is 2. The van der Waals surface area contributed by atoms with E-state index in [-0.39, 0.29) is 36.3 Å². The second kappa shape index (κ2) is 9.60. The zero-order valence-electron chi connectivity index (χ0n) is 18.8. The second-order valence-electron chi connectivity index (χ2n) is 9.11. The van der Waals surface area contributed by atoms with Crippen LogP contribution in [0.15, 0.2) is 30.9 Å². The summed E-state index contributed by atoms with van der Waals surface area (Å²) in [5.41, 5.74) is 0.0462. The molecule has 0 saturated carbocycles. The van der Waals surface area contributed by atoms with Crippen molar-refractivity contribution >= 4 is 51.0 Å². The SMILES string of the molecule is C=CCN(C(=O)C1N(CCCCO)C(=O)[C@@H]2[C@@H](C(=O)O)[C@@H]3OC12CC3Br)c1c(C)cccc1Cl. The molecule has 1 aromatic rings. The molecule has 0 aromatic heterocycles. The summed E-state index contributed by atoms with van der Waals surface area (Å²) >= 11 is 10.0. The van der Waals surface area contributed by atoms with Gasteiger partial charge in [-0.25, -0.2) is 0 Å². The number of carbonyl (C=O) groups is 3. The van der Waals surface area contributed by atoms with Gasteiger partial charge in [-0.05, 0) is 37.8 Å². The van der Waals surface area contributed by atoms with Crippen molar-refractivity contribution in [2.24, 2.45) is 11.8 Å². The summed E-state index contributed by atoms with van der Waals surface area (Å²) in [6.45, 7) is 5.95. The standard InChI is InChI=1S/C24H28BrClN2O6/c1-3-9-27(18-13(2)7-6-8-15(18)26)22(31)20-24-12-14(25)19(34-24)16(23(32)33)17(24)21(30)28(20)10-4-5-11-29/h3,6-8,14,16-17,19-20,29H,1,4-5,9-12H2,2H3,(H,32,33)/t14?,16-,17+,19-,20?,24?/m1/s1. The first-order chi connectivity index (χ1) is 16.2. The predicted octanol–water partition coefficient (Wildman–Crippen LogP) is 2.77. The number of aryl methyl sites for hydroxylation is 1. The lowest BCUT2D eigenvalue weighted by Crippen LogP contribution is -2.57. The van der Waals surface area contributed by atoms with E-state index in [1.807, 2.05) is 13.0 Å². The van der Waals surface area contributed by atoms with Crippen molar-refractivity contribution in [3.05, 3.63) is 41.4 Å². The smallest absolute Gasteiger partial charge is 0.310 e. The van der Waals surface area contributed by atoms with Crippen LogP contribution < -0.4 is 4.90 Å². The topological polar surface area (TPSA) is 107 Å². The van der Waals surface area contributed by atoms with E-state index in [4.69, 9.17) is 16.3 Å². The number of aliphatic hydroxyl groups excluding tert-OH is 1. The molecule has 3 heterocycles. The molecule has 184 valence electrons. The number of carbonyl (C=O) groups excluding carboxylic acids is 2. The van der Waals surface area contributed by atoms with Gasteiger partial charge in [-0.1, -0.05) is 45.7 Å². The van der Waals surface area contributed by atoms with Crippen molar-refractivity contribution in [2.75, 3.05) is 24.6 Å². The predicted molar refractivity (Wildman–Crippen MR) is 130 cm³/mol. The lowest BCUT2D eigenvalue weighted by atomic mass is 9.70. The highest BCUT2D eigenvalue weighted by molar-refractivity contribution is 9.09. The minimum atomic E-state index is -1.26. The van der Waals surface area contributed by atoms with Gasteiger partial charge >= 0.3 is 5.97 Å². The lowest BCUT2D eigenvalue weighted by Gasteiger charge is -2.37. The van der Waals surface area contributed by atoms with Gasteiger partial charge < -0.3 is 24.7 Å². The molecule has 3 aliphatic heterocycles. The Balaban J connectivity index is 1.82. The lowest BCUT2D eigenvalue weighted by molar-refractivity contribution is -0.149. The number of ether oxygens (including phenoxy) is 1. The fourth-order valence-corrected chi connectivity index (χ4v) is 7.13. The summed E-state index contributed by atoms with van der Waals surface area (Å²) in [5.74, 6) is -3.88. The zero-order valence-corrected chi connectivity index (χ0v) is 21.2. The molecule has 4 rings (SSSR count). The summed E-state index contributed by atoms with van der Waals surface area (Å²) in [6.07, 6.45) is 2.16. The number of amides is 2. The number of carboxylic acid groups (broad SMARTS) is 1. The van der Waals surface area contributed by atoms with Crippen molar-refractivity contribution in [1.29, 1.82) is 0 Å². The fourth-order valence-electron chi connectivity index (χ4n) is 5.86. The molecular formula is C24H28BrClN2O6. The summed E-state index contributed by atoms with van der Waals surface area (Å²) in [7, 11) is 0. The number of aliphatic hydroxyl groups is 1. The van der Waals surface area contributed by atoms with Gasteiger partial charge in [0.05, 0.1) is 28.6 Å². The number of unbranched alkanes of at least 4 members (excludes halogenated alkanes) is 1. The van der Waals surface area contributed by atoms with Crippen LogP contribution in [-0.2, 0) is 19.1 Å². The van der Waals surface area contributed by atoms with Crippen LogP contribution in [0, 0.1) is 18.8 Å². The number of para-hydroxylation sites is 1. The number of nitrogens with zero attached hydrogens (tertiary/aromatic N) is 2. The molecule has 3 unspecified atom stereocenters. The van der Waals surface area contributed by atoms with Gasteiger partial charge in [0, 0.05) is 24.5 Å². The van der Waals surface area contributed by atoms with Crippen LogP contribution in [0.2, 0.25) is 5.02 Å². The number of alkyl halides is 1. The van der Waals surface area contributed by atoms with E-state index in [1.165, 1.54) is 9.80 Å². The fraction of sp³-hybridized carbons (Fsp3) is 0.542. The Kier molecular flexibility index (Phi) is 7.11. The molecule has 2 amide bonds. The summed E-state index contributed by atoms with van der Waals surface area (Å²) in [6, 6.07) is 4.31. The molecule has 1 aromatic carbocycles. The van der Waals surface area contributed by atoms with Gasteiger partial charge in [0.15, 0.2) is 0 Å². The average Bonchev–Trinajstić information content (AvgIpc) is 3.36. The maximum atomic E-state index is 14.3. The molecule has 2 bridgehead atoms. The molecule has 10 heteroatoms. The Morgan fingerprint density at radius 3 is 2.76 bits per heavy atom. The molecule has 1 spiro atoms. The summed E-state index contributed by atoms with van der Waals surface area (Å²) in [5, 5.41) is 19.6. The van der Waals surface area contributed by atoms with E-state index in [9.17, 15) is 24.6 Å². The van der Waals surface area contributed by atoms with Crippen LogP contribution >= 0.6 is 27.5 Å². The van der Waals surface area contributed by atoms with Crippen molar-refractivity contribution in [3.8, 4) is 0 Å². The van der Waals surface area contributed by atoms with Crippen LogP contribution in [0.5, 0.6) is 0 Å². The quantitative estimate of drug-likeness (QED) is 0.276. The number of benzene rings is 1. The third kappa shape index (κ3) is 3.77.